The second-order valence-corrected chi connectivity index (χ2v) is 6.22. The minimum absolute atomic E-state index is 0.00661. The van der Waals surface area contributed by atoms with Crippen molar-refractivity contribution in [3.8, 4) is 0 Å². The molecule has 1 aliphatic carbocycles. The quantitative estimate of drug-likeness (QED) is 0.830. The fraction of sp³-hybridized carbons (Fsp3) is 0.562. The van der Waals surface area contributed by atoms with Gasteiger partial charge >= 0.3 is 0 Å². The molecule has 1 aromatic carbocycles. The second-order valence-electron chi connectivity index (χ2n) is 5.66. The van der Waals surface area contributed by atoms with E-state index in [1.165, 1.54) is 12.0 Å². The monoisotopic (exact) mass is 279 g/mol. The number of alkyl halides is 1. The molecule has 2 rings (SSSR count). The molecule has 1 saturated carbocycles. The number of hydrogen-bond acceptors (Lipinski definition) is 1. The van der Waals surface area contributed by atoms with Crippen molar-refractivity contribution in [2.24, 2.45) is 0 Å². The van der Waals surface area contributed by atoms with E-state index in [1.807, 2.05) is 24.3 Å². The lowest BCUT2D eigenvalue weighted by Crippen LogP contribution is -2.42. The van der Waals surface area contributed by atoms with E-state index in [9.17, 15) is 4.79 Å². The summed E-state index contributed by atoms with van der Waals surface area (Å²) in [5.74, 6) is 0.482. The van der Waals surface area contributed by atoms with E-state index in [2.05, 4.69) is 19.2 Å². The van der Waals surface area contributed by atoms with Crippen molar-refractivity contribution in [3.63, 3.8) is 0 Å². The molecule has 1 fully saturated rings. The number of nitrogens with one attached hydrogen (secondary N) is 1. The van der Waals surface area contributed by atoms with E-state index in [0.29, 0.717) is 5.92 Å². The Kier molecular flexibility index (Phi) is 4.87. The fourth-order valence-corrected chi connectivity index (χ4v) is 2.86. The topological polar surface area (TPSA) is 29.1 Å². The van der Waals surface area contributed by atoms with Crippen LogP contribution in [0.4, 0.5) is 0 Å². The molecule has 0 heterocycles. The van der Waals surface area contributed by atoms with Gasteiger partial charge in [-0.3, -0.25) is 4.79 Å². The first-order valence-corrected chi connectivity index (χ1v) is 7.56. The predicted octanol–water partition coefficient (Wildman–Crippen LogP) is 4.09. The molecule has 3 heteroatoms. The lowest BCUT2D eigenvalue weighted by molar-refractivity contribution is 0.0928. The van der Waals surface area contributed by atoms with E-state index in [0.717, 1.165) is 24.8 Å². The highest BCUT2D eigenvalue weighted by molar-refractivity contribution is 6.21. The standard InChI is InChI=1S/C16H22ClNO/c1-11(2)12-7-9-13(10-8-12)16(19)18-15-6-4-3-5-14(15)17/h7-11,14-15H,3-6H2,1-2H3,(H,18,19). The largest absolute Gasteiger partial charge is 0.348 e. The van der Waals surface area contributed by atoms with Gasteiger partial charge in [0.2, 0.25) is 0 Å². The van der Waals surface area contributed by atoms with Gasteiger partial charge in [-0.05, 0) is 36.5 Å². The lowest BCUT2D eigenvalue weighted by Gasteiger charge is -2.27. The number of carbonyl (C=O) groups is 1. The van der Waals surface area contributed by atoms with Crippen molar-refractivity contribution in [1.82, 2.24) is 5.32 Å². The van der Waals surface area contributed by atoms with E-state index in [1.54, 1.807) is 0 Å². The van der Waals surface area contributed by atoms with E-state index >= 15 is 0 Å². The zero-order valence-electron chi connectivity index (χ0n) is 11.7. The van der Waals surface area contributed by atoms with Gasteiger partial charge in [0, 0.05) is 11.6 Å². The van der Waals surface area contributed by atoms with Gasteiger partial charge in [0.25, 0.3) is 5.91 Å². The van der Waals surface area contributed by atoms with E-state index in [4.69, 9.17) is 11.6 Å². The van der Waals surface area contributed by atoms with Crippen molar-refractivity contribution >= 4 is 17.5 Å². The number of carbonyl (C=O) groups excluding carboxylic acids is 1. The highest BCUT2D eigenvalue weighted by atomic mass is 35.5. The highest BCUT2D eigenvalue weighted by Gasteiger charge is 2.24. The maximum absolute atomic E-state index is 12.2. The molecule has 1 amide bonds. The molecule has 0 radical (unpaired) electrons. The smallest absolute Gasteiger partial charge is 0.251 e. The van der Waals surface area contributed by atoms with Crippen LogP contribution in [-0.4, -0.2) is 17.3 Å². The van der Waals surface area contributed by atoms with Crippen LogP contribution in [0, 0.1) is 0 Å². The Morgan fingerprint density at radius 1 is 1.21 bits per heavy atom. The van der Waals surface area contributed by atoms with Crippen LogP contribution in [0.2, 0.25) is 0 Å². The molecule has 2 atom stereocenters. The average molecular weight is 280 g/mol. The third-order valence-electron chi connectivity index (χ3n) is 3.84. The minimum atomic E-state index is -0.00661. The molecule has 2 unspecified atom stereocenters. The van der Waals surface area contributed by atoms with Crippen LogP contribution in [0.25, 0.3) is 0 Å². The molecule has 1 aliphatic rings. The fourth-order valence-electron chi connectivity index (χ4n) is 2.52. The molecule has 104 valence electrons. The normalized spacial score (nSPS) is 23.4. The SMILES string of the molecule is CC(C)c1ccc(C(=O)NC2CCCCC2Cl)cc1. The van der Waals surface area contributed by atoms with Crippen LogP contribution in [0.5, 0.6) is 0 Å². The molecule has 0 aliphatic heterocycles. The van der Waals surface area contributed by atoms with Gasteiger partial charge in [-0.2, -0.15) is 0 Å². The third kappa shape index (κ3) is 3.73. The summed E-state index contributed by atoms with van der Waals surface area (Å²) in [7, 11) is 0. The first-order chi connectivity index (χ1) is 9.08. The van der Waals surface area contributed by atoms with Gasteiger partial charge in [-0.15, -0.1) is 11.6 Å². The maximum atomic E-state index is 12.2. The van der Waals surface area contributed by atoms with Crippen LogP contribution >= 0.6 is 11.6 Å². The number of hydrogen-bond donors (Lipinski definition) is 1. The number of rotatable bonds is 3. The Balaban J connectivity index is 1.99. The zero-order valence-corrected chi connectivity index (χ0v) is 12.4. The summed E-state index contributed by atoms with van der Waals surface area (Å²) in [6.07, 6.45) is 4.31. The second kappa shape index (κ2) is 6.42. The molecule has 19 heavy (non-hydrogen) atoms. The summed E-state index contributed by atoms with van der Waals surface area (Å²) >= 11 is 6.27. The molecule has 0 bridgehead atoms. The van der Waals surface area contributed by atoms with Crippen LogP contribution < -0.4 is 5.32 Å². The third-order valence-corrected chi connectivity index (χ3v) is 4.36. The molecule has 0 spiro atoms. The molecular formula is C16H22ClNO. The number of halogens is 1. The van der Waals surface area contributed by atoms with Gasteiger partial charge in [-0.1, -0.05) is 38.8 Å². The lowest BCUT2D eigenvalue weighted by atomic mass is 9.94. The molecule has 1 N–H and O–H groups in total. The predicted molar refractivity (Wildman–Crippen MR) is 79.9 cm³/mol. The van der Waals surface area contributed by atoms with E-state index < -0.39 is 0 Å². The van der Waals surface area contributed by atoms with Crippen molar-refractivity contribution in [1.29, 1.82) is 0 Å². The van der Waals surface area contributed by atoms with Gasteiger partial charge in [0.05, 0.1) is 5.38 Å². The average Bonchev–Trinajstić information content (AvgIpc) is 2.41. The summed E-state index contributed by atoms with van der Waals surface area (Å²) in [5, 5.41) is 3.14. The zero-order chi connectivity index (χ0) is 13.8. The molecule has 0 saturated heterocycles. The first kappa shape index (κ1) is 14.4. The summed E-state index contributed by atoms with van der Waals surface area (Å²) in [6.45, 7) is 4.30. The number of amides is 1. The van der Waals surface area contributed by atoms with E-state index in [-0.39, 0.29) is 17.3 Å². The summed E-state index contributed by atoms with van der Waals surface area (Å²) in [4.78, 5) is 12.2. The van der Waals surface area contributed by atoms with Gasteiger partial charge in [0.1, 0.15) is 0 Å². The van der Waals surface area contributed by atoms with Crippen LogP contribution in [0.15, 0.2) is 24.3 Å². The van der Waals surface area contributed by atoms with Crippen LogP contribution in [0.3, 0.4) is 0 Å². The highest BCUT2D eigenvalue weighted by Crippen LogP contribution is 2.23. The van der Waals surface area contributed by atoms with Gasteiger partial charge < -0.3 is 5.32 Å². The first-order valence-electron chi connectivity index (χ1n) is 7.13. The molecule has 0 aromatic heterocycles. The van der Waals surface area contributed by atoms with Gasteiger partial charge in [-0.25, -0.2) is 0 Å². The molecule has 1 aromatic rings. The Morgan fingerprint density at radius 2 is 1.84 bits per heavy atom. The summed E-state index contributed by atoms with van der Waals surface area (Å²) < 4.78 is 0. The summed E-state index contributed by atoms with van der Waals surface area (Å²) in [6, 6.07) is 7.97. The Bertz CT molecular complexity index is 427. The van der Waals surface area contributed by atoms with Crippen molar-refractivity contribution in [2.75, 3.05) is 0 Å². The van der Waals surface area contributed by atoms with Gasteiger partial charge in [0.15, 0.2) is 0 Å². The molecule has 2 nitrogen and oxygen atoms in total. The van der Waals surface area contributed by atoms with Crippen molar-refractivity contribution in [3.05, 3.63) is 35.4 Å². The maximum Gasteiger partial charge on any atom is 0.251 e. The Morgan fingerprint density at radius 3 is 2.42 bits per heavy atom. The number of benzene rings is 1. The molecular weight excluding hydrogens is 258 g/mol. The summed E-state index contributed by atoms with van der Waals surface area (Å²) in [5.41, 5.74) is 1.98. The Hall–Kier alpha value is -1.02. The Labute approximate surface area is 120 Å². The van der Waals surface area contributed by atoms with Crippen molar-refractivity contribution in [2.45, 2.75) is 56.9 Å². The van der Waals surface area contributed by atoms with Crippen molar-refractivity contribution < 1.29 is 4.79 Å². The van der Waals surface area contributed by atoms with Crippen LogP contribution in [0.1, 0.15) is 61.4 Å². The minimum Gasteiger partial charge on any atom is -0.348 e. The van der Waals surface area contributed by atoms with Crippen LogP contribution in [-0.2, 0) is 0 Å².